The van der Waals surface area contributed by atoms with Gasteiger partial charge in [0, 0.05) is 18.4 Å². The van der Waals surface area contributed by atoms with E-state index < -0.39 is 11.2 Å². The van der Waals surface area contributed by atoms with E-state index in [-0.39, 0.29) is 18.9 Å². The van der Waals surface area contributed by atoms with Crippen LogP contribution in [0.3, 0.4) is 0 Å². The van der Waals surface area contributed by atoms with E-state index in [2.05, 4.69) is 15.3 Å². The van der Waals surface area contributed by atoms with E-state index in [4.69, 9.17) is 0 Å². The monoisotopic (exact) mass is 360 g/mol. The maximum absolute atomic E-state index is 12.3. The molecule has 7 heteroatoms. The number of H-pyrrole nitrogens is 1. The summed E-state index contributed by atoms with van der Waals surface area (Å²) in [5, 5.41) is 4.14. The molecule has 2 heterocycles. The van der Waals surface area contributed by atoms with Crippen LogP contribution in [0.1, 0.15) is 6.42 Å². The van der Waals surface area contributed by atoms with Crippen LogP contribution in [-0.4, -0.2) is 20.4 Å². The largest absolute Gasteiger partial charge is 0.328 e. The molecule has 0 bridgehead atoms. The van der Waals surface area contributed by atoms with Crippen molar-refractivity contribution >= 4 is 33.5 Å². The topological polar surface area (TPSA) is 96.9 Å². The Bertz CT molecular complexity index is 1270. The zero-order valence-electron chi connectivity index (χ0n) is 14.3. The second-order valence-corrected chi connectivity index (χ2v) is 6.12. The summed E-state index contributed by atoms with van der Waals surface area (Å²) < 4.78 is 1.39. The molecule has 0 saturated heterocycles. The lowest BCUT2D eigenvalue weighted by molar-refractivity contribution is -0.116. The van der Waals surface area contributed by atoms with E-state index in [9.17, 15) is 14.4 Å². The highest BCUT2D eigenvalue weighted by Gasteiger charge is 2.10. The molecule has 134 valence electrons. The summed E-state index contributed by atoms with van der Waals surface area (Å²) in [6.45, 7) is 0.148. The number of aryl methyl sites for hydroxylation is 1. The van der Waals surface area contributed by atoms with Gasteiger partial charge in [-0.1, -0.05) is 30.3 Å². The van der Waals surface area contributed by atoms with Crippen LogP contribution >= 0.6 is 0 Å². The fourth-order valence-corrected chi connectivity index (χ4v) is 3.02. The highest BCUT2D eigenvalue weighted by atomic mass is 16.2. The maximum Gasteiger partial charge on any atom is 0.328 e. The molecule has 0 radical (unpaired) electrons. The van der Waals surface area contributed by atoms with Gasteiger partial charge in [-0.05, 0) is 30.3 Å². The number of pyridine rings is 1. The maximum atomic E-state index is 12.3. The summed E-state index contributed by atoms with van der Waals surface area (Å²) in [6, 6.07) is 18.1. The molecule has 0 unspecified atom stereocenters. The molecule has 0 saturated carbocycles. The third-order valence-corrected chi connectivity index (χ3v) is 4.33. The van der Waals surface area contributed by atoms with E-state index in [1.54, 1.807) is 30.3 Å². The molecule has 2 aromatic carbocycles. The zero-order chi connectivity index (χ0) is 18.8. The number of benzene rings is 2. The third-order valence-electron chi connectivity index (χ3n) is 4.33. The van der Waals surface area contributed by atoms with Crippen LogP contribution in [-0.2, 0) is 11.3 Å². The number of hydrogen-bond acceptors (Lipinski definition) is 4. The van der Waals surface area contributed by atoms with E-state index in [0.717, 1.165) is 10.9 Å². The van der Waals surface area contributed by atoms with Gasteiger partial charge in [0.05, 0.1) is 16.4 Å². The molecule has 2 N–H and O–H groups in total. The second kappa shape index (κ2) is 6.87. The Labute approximate surface area is 153 Å². The molecule has 4 aromatic rings. The van der Waals surface area contributed by atoms with Crippen molar-refractivity contribution in [2.45, 2.75) is 13.0 Å². The minimum atomic E-state index is -0.532. The smallest absolute Gasteiger partial charge is 0.311 e. The number of amides is 1. The van der Waals surface area contributed by atoms with Crippen LogP contribution < -0.4 is 16.6 Å². The number of carbonyl (C=O) groups excluding carboxylic acids is 1. The lowest BCUT2D eigenvalue weighted by Gasteiger charge is -2.10. The number of aromatic amines is 1. The molecule has 0 aliphatic rings. The zero-order valence-corrected chi connectivity index (χ0v) is 14.3. The molecule has 2 aromatic heterocycles. The molecular formula is C20H16N4O3. The van der Waals surface area contributed by atoms with Crippen LogP contribution in [0.15, 0.2) is 70.3 Å². The number of hydrogen-bond donors (Lipinski definition) is 2. The van der Waals surface area contributed by atoms with Crippen LogP contribution in [0.5, 0.6) is 0 Å². The Kier molecular flexibility index (Phi) is 4.25. The molecule has 1 amide bonds. The van der Waals surface area contributed by atoms with Crippen LogP contribution in [0.25, 0.3) is 21.8 Å². The van der Waals surface area contributed by atoms with E-state index in [0.29, 0.717) is 16.7 Å². The first-order valence-electron chi connectivity index (χ1n) is 8.49. The van der Waals surface area contributed by atoms with Crippen molar-refractivity contribution in [2.24, 2.45) is 0 Å². The van der Waals surface area contributed by atoms with Gasteiger partial charge in [-0.3, -0.25) is 19.1 Å². The van der Waals surface area contributed by atoms with Gasteiger partial charge in [-0.25, -0.2) is 9.78 Å². The lowest BCUT2D eigenvalue weighted by Crippen LogP contribution is -2.31. The Morgan fingerprint density at radius 3 is 2.67 bits per heavy atom. The number of rotatable bonds is 4. The number of fused-ring (bicyclic) bond motifs is 2. The summed E-state index contributed by atoms with van der Waals surface area (Å²) in [4.78, 5) is 43.0. The van der Waals surface area contributed by atoms with E-state index >= 15 is 0 Å². The average Bonchev–Trinajstić information content (AvgIpc) is 2.68. The van der Waals surface area contributed by atoms with Crippen molar-refractivity contribution in [3.05, 3.63) is 81.5 Å². The van der Waals surface area contributed by atoms with Crippen molar-refractivity contribution in [2.75, 3.05) is 5.32 Å². The molecule has 4 rings (SSSR count). The quantitative estimate of drug-likeness (QED) is 0.583. The predicted molar refractivity (Wildman–Crippen MR) is 104 cm³/mol. The van der Waals surface area contributed by atoms with E-state index in [1.807, 2.05) is 30.3 Å². The number of nitrogens with zero attached hydrogens (tertiary/aromatic N) is 2. The van der Waals surface area contributed by atoms with Crippen LogP contribution in [0.4, 0.5) is 5.82 Å². The fraction of sp³-hybridized carbons (Fsp3) is 0.100. The molecule has 0 aliphatic heterocycles. The minimum Gasteiger partial charge on any atom is -0.311 e. The third kappa shape index (κ3) is 3.35. The lowest BCUT2D eigenvalue weighted by atomic mass is 10.2. The number of nitrogens with one attached hydrogen (secondary N) is 2. The van der Waals surface area contributed by atoms with Gasteiger partial charge in [-0.2, -0.15) is 0 Å². The predicted octanol–water partition coefficient (Wildman–Crippen LogP) is 2.27. The van der Waals surface area contributed by atoms with Gasteiger partial charge in [0.2, 0.25) is 5.91 Å². The van der Waals surface area contributed by atoms with Gasteiger partial charge in [0.15, 0.2) is 0 Å². The summed E-state index contributed by atoms with van der Waals surface area (Å²) in [7, 11) is 0. The minimum absolute atomic E-state index is 0.0739. The van der Waals surface area contributed by atoms with Gasteiger partial charge < -0.3 is 5.32 Å². The molecule has 0 atom stereocenters. The van der Waals surface area contributed by atoms with Crippen LogP contribution in [0, 0.1) is 0 Å². The highest BCUT2D eigenvalue weighted by molar-refractivity contribution is 5.91. The first-order chi connectivity index (χ1) is 13.1. The summed E-state index contributed by atoms with van der Waals surface area (Å²) in [5.74, 6) is 0.192. The van der Waals surface area contributed by atoms with Crippen molar-refractivity contribution < 1.29 is 4.79 Å². The molecule has 0 fully saturated rings. The second-order valence-electron chi connectivity index (χ2n) is 6.12. The first-order valence-corrected chi connectivity index (χ1v) is 8.49. The molecule has 0 spiro atoms. The SMILES string of the molecule is O=C(CCn1c(=O)[nH]c(=O)c2ccccc21)Nc1ccc2ccccc2n1. The Morgan fingerprint density at radius 2 is 1.78 bits per heavy atom. The molecule has 27 heavy (non-hydrogen) atoms. The first kappa shape index (κ1) is 16.7. The Morgan fingerprint density at radius 1 is 1.00 bits per heavy atom. The number of aromatic nitrogens is 3. The number of anilines is 1. The van der Waals surface area contributed by atoms with Gasteiger partial charge in [0.1, 0.15) is 5.82 Å². The van der Waals surface area contributed by atoms with Gasteiger partial charge in [0.25, 0.3) is 5.56 Å². The van der Waals surface area contributed by atoms with E-state index in [1.165, 1.54) is 4.57 Å². The molecule has 7 nitrogen and oxygen atoms in total. The van der Waals surface area contributed by atoms with Crippen LogP contribution in [0.2, 0.25) is 0 Å². The van der Waals surface area contributed by atoms with Gasteiger partial charge >= 0.3 is 5.69 Å². The van der Waals surface area contributed by atoms with Crippen molar-refractivity contribution in [1.82, 2.24) is 14.5 Å². The van der Waals surface area contributed by atoms with Crippen molar-refractivity contribution in [1.29, 1.82) is 0 Å². The summed E-state index contributed by atoms with van der Waals surface area (Å²) in [6.07, 6.45) is 0.0739. The number of para-hydroxylation sites is 2. The Balaban J connectivity index is 1.53. The average molecular weight is 360 g/mol. The fourth-order valence-electron chi connectivity index (χ4n) is 3.02. The summed E-state index contributed by atoms with van der Waals surface area (Å²) >= 11 is 0. The standard InChI is InChI=1S/C20H16N4O3/c25-18(22-17-10-9-13-5-1-3-7-15(13)21-17)11-12-24-16-8-4-2-6-14(16)19(26)23-20(24)27/h1-10H,11-12H2,(H,21,22,25)(H,23,26,27). The highest BCUT2D eigenvalue weighted by Crippen LogP contribution is 2.15. The molecule has 0 aliphatic carbocycles. The van der Waals surface area contributed by atoms with Crippen molar-refractivity contribution in [3.63, 3.8) is 0 Å². The molecular weight excluding hydrogens is 344 g/mol. The van der Waals surface area contributed by atoms with Gasteiger partial charge in [-0.15, -0.1) is 0 Å². The summed E-state index contributed by atoms with van der Waals surface area (Å²) in [5.41, 5.74) is 0.327. The number of carbonyl (C=O) groups is 1. The Hall–Kier alpha value is -3.74. The van der Waals surface area contributed by atoms with Crippen molar-refractivity contribution in [3.8, 4) is 0 Å². The normalized spacial score (nSPS) is 11.0.